The van der Waals surface area contributed by atoms with Crippen LogP contribution in [-0.2, 0) is 9.47 Å². The molecule has 144 valence electrons. The molecule has 0 bridgehead atoms. The van der Waals surface area contributed by atoms with Gasteiger partial charge in [-0.3, -0.25) is 0 Å². The maximum Gasteiger partial charge on any atom is 0.319 e. The Bertz CT molecular complexity index is 631. The Labute approximate surface area is 160 Å². The highest BCUT2D eigenvalue weighted by Crippen LogP contribution is 2.36. The van der Waals surface area contributed by atoms with E-state index < -0.39 is 5.79 Å². The fourth-order valence-electron chi connectivity index (χ4n) is 3.59. The summed E-state index contributed by atoms with van der Waals surface area (Å²) in [7, 11) is 0. The van der Waals surface area contributed by atoms with E-state index in [4.69, 9.17) is 9.47 Å². The van der Waals surface area contributed by atoms with Gasteiger partial charge in [0, 0.05) is 34.7 Å². The maximum atomic E-state index is 12.4. The normalized spacial score (nSPS) is 23.0. The van der Waals surface area contributed by atoms with E-state index in [0.717, 1.165) is 43.4 Å². The minimum Gasteiger partial charge on any atom is -0.347 e. The molecule has 1 heterocycles. The van der Waals surface area contributed by atoms with E-state index in [1.807, 2.05) is 24.8 Å². The van der Waals surface area contributed by atoms with Crippen LogP contribution < -0.4 is 10.6 Å². The van der Waals surface area contributed by atoms with Crippen LogP contribution in [0.4, 0.5) is 10.5 Å². The number of benzene rings is 1. The second-order valence-corrected chi connectivity index (χ2v) is 8.82. The molecule has 3 rings (SSSR count). The molecule has 1 aromatic carbocycles. The summed E-state index contributed by atoms with van der Waals surface area (Å²) in [6.07, 6.45) is 4.75. The molecule has 1 saturated carbocycles. The van der Waals surface area contributed by atoms with Gasteiger partial charge < -0.3 is 20.1 Å². The number of hydrogen-bond acceptors (Lipinski definition) is 4. The average molecular weight is 379 g/mol. The fraction of sp³-hybridized carbons (Fsp3) is 0.650. The number of carbonyl (C=O) groups is 1. The molecule has 1 aromatic rings. The zero-order valence-corrected chi connectivity index (χ0v) is 16.8. The van der Waals surface area contributed by atoms with Crippen molar-refractivity contribution in [3.05, 3.63) is 23.8 Å². The zero-order valence-electron chi connectivity index (χ0n) is 16.0. The van der Waals surface area contributed by atoms with Gasteiger partial charge in [-0.25, -0.2) is 4.79 Å². The van der Waals surface area contributed by atoms with E-state index >= 15 is 0 Å². The lowest BCUT2D eigenvalue weighted by atomic mass is 9.90. The first-order valence-electron chi connectivity index (χ1n) is 9.62. The Morgan fingerprint density at radius 1 is 1.38 bits per heavy atom. The lowest BCUT2D eigenvalue weighted by Crippen LogP contribution is -2.47. The first-order chi connectivity index (χ1) is 12.5. The second-order valence-electron chi connectivity index (χ2n) is 7.31. The molecule has 2 amide bonds. The summed E-state index contributed by atoms with van der Waals surface area (Å²) in [5.41, 5.74) is 1.94. The molecule has 1 aliphatic carbocycles. The molecule has 1 aliphatic heterocycles. The number of aryl methyl sites for hydroxylation is 1. The third kappa shape index (κ3) is 4.93. The summed E-state index contributed by atoms with van der Waals surface area (Å²) in [6, 6.07) is 6.14. The van der Waals surface area contributed by atoms with Crippen LogP contribution >= 0.6 is 11.8 Å². The Kier molecular flexibility index (Phi) is 6.48. The van der Waals surface area contributed by atoms with Crippen LogP contribution in [0, 0.1) is 6.92 Å². The molecule has 6 heteroatoms. The lowest BCUT2D eigenvalue weighted by molar-refractivity contribution is -0.180. The van der Waals surface area contributed by atoms with Crippen LogP contribution in [-0.4, -0.2) is 36.3 Å². The van der Waals surface area contributed by atoms with Crippen LogP contribution in [0.25, 0.3) is 0 Å². The Balaban J connectivity index is 1.54. The number of rotatable bonds is 5. The minimum absolute atomic E-state index is 0.0855. The van der Waals surface area contributed by atoms with E-state index in [2.05, 4.69) is 36.6 Å². The first kappa shape index (κ1) is 19.5. The Morgan fingerprint density at radius 2 is 2.15 bits per heavy atom. The first-order valence-corrected chi connectivity index (χ1v) is 10.5. The molecule has 0 unspecified atom stereocenters. The topological polar surface area (TPSA) is 59.6 Å². The highest BCUT2D eigenvalue weighted by molar-refractivity contribution is 7.99. The number of urea groups is 1. The molecule has 2 fully saturated rings. The maximum absolute atomic E-state index is 12.4. The van der Waals surface area contributed by atoms with Crippen LogP contribution in [0.3, 0.4) is 0 Å². The van der Waals surface area contributed by atoms with Gasteiger partial charge in [0.15, 0.2) is 5.79 Å². The van der Waals surface area contributed by atoms with Gasteiger partial charge in [-0.2, -0.15) is 0 Å². The summed E-state index contributed by atoms with van der Waals surface area (Å²) in [4.78, 5) is 13.7. The predicted octanol–water partition coefficient (Wildman–Crippen LogP) is 4.69. The molecule has 2 aliphatic rings. The number of thioether (sulfide) groups is 1. The van der Waals surface area contributed by atoms with Gasteiger partial charge in [0.25, 0.3) is 0 Å². The number of anilines is 1. The van der Waals surface area contributed by atoms with Crippen molar-refractivity contribution in [2.45, 2.75) is 74.8 Å². The van der Waals surface area contributed by atoms with Crippen molar-refractivity contribution < 1.29 is 14.3 Å². The van der Waals surface area contributed by atoms with Crippen LogP contribution in [0.15, 0.2) is 23.1 Å². The molecule has 1 saturated heterocycles. The second kappa shape index (κ2) is 8.63. The number of carbonyl (C=O) groups excluding carboxylic acids is 1. The van der Waals surface area contributed by atoms with E-state index in [9.17, 15) is 4.79 Å². The van der Waals surface area contributed by atoms with Crippen molar-refractivity contribution in [1.29, 1.82) is 0 Å². The van der Waals surface area contributed by atoms with Gasteiger partial charge in [0.1, 0.15) is 0 Å². The smallest absolute Gasteiger partial charge is 0.319 e. The monoisotopic (exact) mass is 378 g/mol. The molecular formula is C20H30N2O3S. The molecule has 1 spiro atoms. The quantitative estimate of drug-likeness (QED) is 0.730. The summed E-state index contributed by atoms with van der Waals surface area (Å²) in [5, 5.41) is 6.67. The van der Waals surface area contributed by atoms with Crippen LogP contribution in [0.1, 0.15) is 51.5 Å². The van der Waals surface area contributed by atoms with Gasteiger partial charge in [-0.15, -0.1) is 11.8 Å². The highest BCUT2D eigenvalue weighted by atomic mass is 32.2. The van der Waals surface area contributed by atoms with E-state index in [-0.39, 0.29) is 12.1 Å². The van der Waals surface area contributed by atoms with Gasteiger partial charge in [0.05, 0.1) is 13.2 Å². The lowest BCUT2D eigenvalue weighted by Gasteiger charge is -2.36. The number of hydrogen-bond donors (Lipinski definition) is 2. The molecule has 0 aromatic heterocycles. The Hall–Kier alpha value is -1.24. The molecule has 0 radical (unpaired) electrons. The van der Waals surface area contributed by atoms with Crippen molar-refractivity contribution >= 4 is 23.5 Å². The van der Waals surface area contributed by atoms with Gasteiger partial charge in [0.2, 0.25) is 0 Å². The minimum atomic E-state index is -0.471. The molecule has 2 atom stereocenters. The average Bonchev–Trinajstić information content (AvgIpc) is 3.04. The molecule has 2 N–H and O–H groups in total. The third-order valence-electron chi connectivity index (χ3n) is 5.17. The van der Waals surface area contributed by atoms with E-state index in [1.165, 1.54) is 4.90 Å². The van der Waals surface area contributed by atoms with Crippen molar-refractivity contribution in [1.82, 2.24) is 5.32 Å². The SMILES string of the molecule is CC[C@@H](C)Sc1ccc(NC(=O)N[C@H]2CCCC3(C2)OCCO3)c(C)c1. The largest absolute Gasteiger partial charge is 0.347 e. The summed E-state index contributed by atoms with van der Waals surface area (Å²) < 4.78 is 11.6. The van der Waals surface area contributed by atoms with Crippen molar-refractivity contribution in [2.24, 2.45) is 0 Å². The van der Waals surface area contributed by atoms with Gasteiger partial charge in [-0.05, 0) is 49.9 Å². The van der Waals surface area contributed by atoms with Crippen molar-refractivity contribution in [3.63, 3.8) is 0 Å². The molecular weight excluding hydrogens is 348 g/mol. The molecule has 5 nitrogen and oxygen atoms in total. The Morgan fingerprint density at radius 3 is 2.85 bits per heavy atom. The van der Waals surface area contributed by atoms with E-state index in [0.29, 0.717) is 18.5 Å². The van der Waals surface area contributed by atoms with Gasteiger partial charge in [-0.1, -0.05) is 13.8 Å². The summed E-state index contributed by atoms with van der Waals surface area (Å²) >= 11 is 1.87. The summed E-state index contributed by atoms with van der Waals surface area (Å²) in [6.45, 7) is 7.76. The molecule has 26 heavy (non-hydrogen) atoms. The zero-order chi connectivity index (χ0) is 18.6. The number of amides is 2. The predicted molar refractivity (Wildman–Crippen MR) is 106 cm³/mol. The standard InChI is InChI=1S/C20H30N2O3S/c1-4-15(3)26-17-7-8-18(14(2)12-17)22-19(23)21-16-6-5-9-20(13-16)24-10-11-25-20/h7-8,12,15-16H,4-6,9-11,13H2,1-3H3,(H2,21,22,23)/t15-,16+/m1/s1. The highest BCUT2D eigenvalue weighted by Gasteiger charge is 2.41. The van der Waals surface area contributed by atoms with Crippen molar-refractivity contribution in [2.75, 3.05) is 18.5 Å². The fourth-order valence-corrected chi connectivity index (χ4v) is 4.61. The summed E-state index contributed by atoms with van der Waals surface area (Å²) in [5.74, 6) is -0.471. The third-order valence-corrected chi connectivity index (χ3v) is 6.44. The van der Waals surface area contributed by atoms with E-state index in [1.54, 1.807) is 0 Å². The van der Waals surface area contributed by atoms with Gasteiger partial charge >= 0.3 is 6.03 Å². The van der Waals surface area contributed by atoms with Crippen molar-refractivity contribution in [3.8, 4) is 0 Å². The number of ether oxygens (including phenoxy) is 2. The van der Waals surface area contributed by atoms with Crippen LogP contribution in [0.5, 0.6) is 0 Å². The number of nitrogens with one attached hydrogen (secondary N) is 2. The van der Waals surface area contributed by atoms with Crippen LogP contribution in [0.2, 0.25) is 0 Å².